The number of H-pyrrole nitrogens is 1. The Hall–Kier alpha value is -1.90. The number of fused-ring (bicyclic) bond motifs is 1. The van der Waals surface area contributed by atoms with E-state index in [2.05, 4.69) is 14.7 Å². The first-order valence-electron chi connectivity index (χ1n) is 6.23. The van der Waals surface area contributed by atoms with Gasteiger partial charge in [-0.1, -0.05) is 0 Å². The van der Waals surface area contributed by atoms with Crippen LogP contribution in [0.1, 0.15) is 10.7 Å². The number of benzene rings is 1. The van der Waals surface area contributed by atoms with Gasteiger partial charge in [0.15, 0.2) is 0 Å². The van der Waals surface area contributed by atoms with Crippen molar-refractivity contribution in [2.45, 2.75) is 18.4 Å². The average Bonchev–Trinajstić information content (AvgIpc) is 3.02. The van der Waals surface area contributed by atoms with Gasteiger partial charge < -0.3 is 10.7 Å². The van der Waals surface area contributed by atoms with E-state index in [0.717, 1.165) is 10.5 Å². The van der Waals surface area contributed by atoms with Gasteiger partial charge in [0.05, 0.1) is 17.2 Å². The number of hydrogen-bond acceptors (Lipinski definition) is 5. The molecule has 0 aliphatic rings. The molecule has 0 spiro atoms. The molecule has 1 aromatic carbocycles. The highest BCUT2D eigenvalue weighted by Gasteiger charge is 2.19. The van der Waals surface area contributed by atoms with Gasteiger partial charge in [-0.05, 0) is 25.1 Å². The zero-order chi connectivity index (χ0) is 15.0. The zero-order valence-electron chi connectivity index (χ0n) is 11.3. The summed E-state index contributed by atoms with van der Waals surface area (Å²) in [5, 5.41) is 3.33. The van der Waals surface area contributed by atoms with E-state index >= 15 is 0 Å². The molecule has 2 aromatic heterocycles. The van der Waals surface area contributed by atoms with Gasteiger partial charge in [0.25, 0.3) is 0 Å². The van der Waals surface area contributed by atoms with Crippen molar-refractivity contribution in [3.8, 4) is 0 Å². The summed E-state index contributed by atoms with van der Waals surface area (Å²) in [5.74, 6) is 0. The second-order valence-electron chi connectivity index (χ2n) is 4.64. The molecule has 8 heteroatoms. The molecule has 0 saturated heterocycles. The molecule has 0 amide bonds. The molecule has 0 bridgehead atoms. The summed E-state index contributed by atoms with van der Waals surface area (Å²) in [7, 11) is -3.62. The van der Waals surface area contributed by atoms with Crippen molar-refractivity contribution in [3.05, 3.63) is 40.5 Å². The third-order valence-electron chi connectivity index (χ3n) is 3.07. The first-order valence-corrected chi connectivity index (χ1v) is 8.59. The van der Waals surface area contributed by atoms with E-state index in [1.165, 1.54) is 17.5 Å². The lowest BCUT2D eigenvalue weighted by Gasteiger charge is -2.04. The average molecular weight is 322 g/mol. The normalized spacial score (nSPS) is 12.0. The number of nitrogens with one attached hydrogen (secondary N) is 2. The maximum Gasteiger partial charge on any atom is 0.243 e. The number of aromatic amines is 1. The van der Waals surface area contributed by atoms with Gasteiger partial charge in [0.1, 0.15) is 4.90 Å². The van der Waals surface area contributed by atoms with Crippen LogP contribution in [0.25, 0.3) is 10.9 Å². The van der Waals surface area contributed by atoms with Crippen molar-refractivity contribution in [2.75, 3.05) is 5.73 Å². The fourth-order valence-corrected chi connectivity index (χ4v) is 3.85. The van der Waals surface area contributed by atoms with Gasteiger partial charge in [-0.15, -0.1) is 11.3 Å². The van der Waals surface area contributed by atoms with Crippen LogP contribution in [0.15, 0.2) is 34.7 Å². The van der Waals surface area contributed by atoms with E-state index < -0.39 is 10.0 Å². The second kappa shape index (κ2) is 5.14. The lowest BCUT2D eigenvalue weighted by atomic mass is 10.2. The maximum absolute atomic E-state index is 12.4. The van der Waals surface area contributed by atoms with Crippen molar-refractivity contribution in [3.63, 3.8) is 0 Å². The molecule has 21 heavy (non-hydrogen) atoms. The minimum atomic E-state index is -3.62. The van der Waals surface area contributed by atoms with E-state index in [9.17, 15) is 8.42 Å². The molecule has 6 nitrogen and oxygen atoms in total. The maximum atomic E-state index is 12.4. The van der Waals surface area contributed by atoms with Crippen molar-refractivity contribution in [1.29, 1.82) is 0 Å². The molecular formula is C13H14N4O2S2. The van der Waals surface area contributed by atoms with Gasteiger partial charge in [0, 0.05) is 28.2 Å². The number of nitrogens with zero attached hydrogens (tertiary/aromatic N) is 1. The number of hydrogen-bond donors (Lipinski definition) is 3. The van der Waals surface area contributed by atoms with Crippen LogP contribution in [0.5, 0.6) is 0 Å². The van der Waals surface area contributed by atoms with Crippen molar-refractivity contribution in [1.82, 2.24) is 14.7 Å². The minimum Gasteiger partial charge on any atom is -0.399 e. The van der Waals surface area contributed by atoms with Gasteiger partial charge in [0.2, 0.25) is 10.0 Å². The fraction of sp³-hybridized carbons (Fsp3) is 0.154. The number of nitrogen functional groups attached to an aromatic ring is 1. The van der Waals surface area contributed by atoms with Crippen LogP contribution in [-0.2, 0) is 16.6 Å². The summed E-state index contributed by atoms with van der Waals surface area (Å²) in [6, 6.07) is 5.13. The standard InChI is InChI=1S/C13H14N4O2S2/c1-8-17-10(7-20-8)5-16-21(18,19)13-6-15-12-3-2-9(14)4-11(12)13/h2-4,6-7,15-16H,5,14H2,1H3. The van der Waals surface area contributed by atoms with Crippen LogP contribution in [0.3, 0.4) is 0 Å². The minimum absolute atomic E-state index is 0.168. The van der Waals surface area contributed by atoms with E-state index in [4.69, 9.17) is 5.73 Å². The van der Waals surface area contributed by atoms with Crippen LogP contribution < -0.4 is 10.5 Å². The molecule has 0 atom stereocenters. The number of aromatic nitrogens is 2. The molecule has 0 fully saturated rings. The highest BCUT2D eigenvalue weighted by atomic mass is 32.2. The molecule has 4 N–H and O–H groups in total. The number of sulfonamides is 1. The van der Waals surface area contributed by atoms with Gasteiger partial charge >= 0.3 is 0 Å². The van der Waals surface area contributed by atoms with Gasteiger partial charge in [-0.3, -0.25) is 0 Å². The molecular weight excluding hydrogens is 308 g/mol. The molecule has 0 unspecified atom stereocenters. The van der Waals surface area contributed by atoms with Crippen molar-refractivity contribution < 1.29 is 8.42 Å². The number of thiazole rings is 1. The molecule has 110 valence electrons. The van der Waals surface area contributed by atoms with Gasteiger partial charge in [-0.2, -0.15) is 0 Å². The SMILES string of the molecule is Cc1nc(CNS(=O)(=O)c2c[nH]c3ccc(N)cc23)cs1. The summed E-state index contributed by atoms with van der Waals surface area (Å²) in [6.45, 7) is 2.05. The largest absolute Gasteiger partial charge is 0.399 e. The predicted octanol–water partition coefficient (Wildman–Crippen LogP) is 1.99. The second-order valence-corrected chi connectivity index (χ2v) is 7.44. The molecule has 0 aliphatic heterocycles. The Kier molecular flexibility index (Phi) is 3.44. The summed E-state index contributed by atoms with van der Waals surface area (Å²) in [6.07, 6.45) is 1.47. The van der Waals surface area contributed by atoms with Crippen LogP contribution in [0, 0.1) is 6.92 Å². The van der Waals surface area contributed by atoms with Crippen LogP contribution in [-0.4, -0.2) is 18.4 Å². The summed E-state index contributed by atoms with van der Waals surface area (Å²) >= 11 is 1.49. The Bertz CT molecular complexity index is 896. The number of aryl methyl sites for hydroxylation is 1. The first-order chi connectivity index (χ1) is 9.95. The third kappa shape index (κ3) is 2.78. The highest BCUT2D eigenvalue weighted by molar-refractivity contribution is 7.89. The van der Waals surface area contributed by atoms with Crippen LogP contribution >= 0.6 is 11.3 Å². The third-order valence-corrected chi connectivity index (χ3v) is 5.33. The van der Waals surface area contributed by atoms with Crippen LogP contribution in [0.2, 0.25) is 0 Å². The Morgan fingerprint density at radius 1 is 1.43 bits per heavy atom. The monoisotopic (exact) mass is 322 g/mol. The number of anilines is 1. The topological polar surface area (TPSA) is 101 Å². The molecule has 0 radical (unpaired) electrons. The summed E-state index contributed by atoms with van der Waals surface area (Å²) < 4.78 is 27.4. The van der Waals surface area contributed by atoms with Crippen LogP contribution in [0.4, 0.5) is 5.69 Å². The molecule has 3 aromatic rings. The van der Waals surface area contributed by atoms with E-state index in [0.29, 0.717) is 16.8 Å². The quantitative estimate of drug-likeness (QED) is 0.639. The van der Waals surface area contributed by atoms with Gasteiger partial charge in [-0.25, -0.2) is 18.1 Å². The Morgan fingerprint density at radius 3 is 2.95 bits per heavy atom. The first kappa shape index (κ1) is 14.1. The van der Waals surface area contributed by atoms with E-state index in [1.54, 1.807) is 18.2 Å². The lowest BCUT2D eigenvalue weighted by Crippen LogP contribution is -2.23. The number of rotatable bonds is 4. The summed E-state index contributed by atoms with van der Waals surface area (Å²) in [4.78, 5) is 7.36. The fourth-order valence-electron chi connectivity index (χ4n) is 2.07. The Labute approximate surface area is 126 Å². The van der Waals surface area contributed by atoms with E-state index in [1.807, 2.05) is 12.3 Å². The number of nitrogens with two attached hydrogens (primary N) is 1. The smallest absolute Gasteiger partial charge is 0.243 e. The molecule has 0 saturated carbocycles. The molecule has 3 rings (SSSR count). The highest BCUT2D eigenvalue weighted by Crippen LogP contribution is 2.24. The predicted molar refractivity (Wildman–Crippen MR) is 83.6 cm³/mol. The molecule has 0 aliphatic carbocycles. The lowest BCUT2D eigenvalue weighted by molar-refractivity contribution is 0.581. The Balaban J connectivity index is 1.91. The van der Waals surface area contributed by atoms with Crippen molar-refractivity contribution in [2.24, 2.45) is 0 Å². The molecule has 2 heterocycles. The summed E-state index contributed by atoms with van der Waals surface area (Å²) in [5.41, 5.74) is 7.69. The van der Waals surface area contributed by atoms with Crippen molar-refractivity contribution >= 4 is 38.0 Å². The Morgan fingerprint density at radius 2 is 2.24 bits per heavy atom. The zero-order valence-corrected chi connectivity index (χ0v) is 12.9. The van der Waals surface area contributed by atoms with E-state index in [-0.39, 0.29) is 11.4 Å².